The van der Waals surface area contributed by atoms with Crippen molar-refractivity contribution in [1.29, 1.82) is 0 Å². The molecular formula is C14H20N2O4. The van der Waals surface area contributed by atoms with Gasteiger partial charge in [-0.15, -0.1) is 0 Å². The summed E-state index contributed by atoms with van der Waals surface area (Å²) in [5.74, 6) is 0.0537. The number of methoxy groups -OCH3 is 1. The molecule has 0 aromatic heterocycles. The topological polar surface area (TPSA) is 74.0 Å². The number of esters is 1. The van der Waals surface area contributed by atoms with Gasteiger partial charge in [-0.05, 0) is 18.2 Å². The molecular weight excluding hydrogens is 260 g/mol. The molecule has 6 heteroatoms. The minimum absolute atomic E-state index is 0.344. The van der Waals surface area contributed by atoms with Crippen LogP contribution in [0.25, 0.3) is 0 Å². The summed E-state index contributed by atoms with van der Waals surface area (Å²) in [5, 5.41) is 0. The normalized spacial score (nSPS) is 15.8. The predicted octanol–water partition coefficient (Wildman–Crippen LogP) is 0.766. The first kappa shape index (κ1) is 14.6. The lowest BCUT2D eigenvalue weighted by Gasteiger charge is -2.26. The summed E-state index contributed by atoms with van der Waals surface area (Å²) in [6.07, 6.45) is 0. The molecule has 0 spiro atoms. The molecule has 2 N–H and O–H groups in total. The zero-order valence-electron chi connectivity index (χ0n) is 11.6. The van der Waals surface area contributed by atoms with Gasteiger partial charge in [-0.25, -0.2) is 4.79 Å². The van der Waals surface area contributed by atoms with E-state index in [0.717, 1.165) is 26.3 Å². The number of rotatable bonds is 5. The highest BCUT2D eigenvalue weighted by molar-refractivity contribution is 5.93. The van der Waals surface area contributed by atoms with Crippen molar-refractivity contribution >= 4 is 11.7 Å². The van der Waals surface area contributed by atoms with Crippen LogP contribution < -0.4 is 10.5 Å². The Kier molecular flexibility index (Phi) is 5.20. The highest BCUT2D eigenvalue weighted by Gasteiger charge is 2.15. The number of carbonyl (C=O) groups excluding carboxylic acids is 1. The van der Waals surface area contributed by atoms with Crippen LogP contribution in [-0.4, -0.2) is 57.4 Å². The summed E-state index contributed by atoms with van der Waals surface area (Å²) < 4.78 is 15.7. The lowest BCUT2D eigenvalue weighted by Crippen LogP contribution is -2.38. The van der Waals surface area contributed by atoms with Crippen LogP contribution in [0.15, 0.2) is 18.2 Å². The highest BCUT2D eigenvalue weighted by atomic mass is 16.5. The van der Waals surface area contributed by atoms with Gasteiger partial charge in [0.05, 0.1) is 20.3 Å². The van der Waals surface area contributed by atoms with Gasteiger partial charge in [0.1, 0.15) is 17.9 Å². The number of hydrogen-bond donors (Lipinski definition) is 1. The average Bonchev–Trinajstić information content (AvgIpc) is 2.48. The first-order chi connectivity index (χ1) is 9.70. The molecule has 110 valence electrons. The van der Waals surface area contributed by atoms with Gasteiger partial charge in [-0.3, -0.25) is 4.90 Å². The Bertz CT molecular complexity index is 458. The zero-order chi connectivity index (χ0) is 14.4. The number of nitrogens with two attached hydrogens (primary N) is 1. The number of nitrogen functional groups attached to an aromatic ring is 1. The molecule has 0 bridgehead atoms. The van der Waals surface area contributed by atoms with Gasteiger partial charge in [0.15, 0.2) is 0 Å². The van der Waals surface area contributed by atoms with Crippen LogP contribution in [0, 0.1) is 0 Å². The minimum atomic E-state index is -0.414. The molecule has 1 aliphatic heterocycles. The largest absolute Gasteiger partial charge is 0.496 e. The standard InChI is InChI=1S/C14H20N2O4/c1-18-13-3-2-11(15)10-12(13)14(17)20-9-6-16-4-7-19-8-5-16/h2-3,10H,4-9,15H2,1H3. The Hall–Kier alpha value is -1.79. The second kappa shape index (κ2) is 7.12. The van der Waals surface area contributed by atoms with Crippen LogP contribution in [0.2, 0.25) is 0 Å². The number of ether oxygens (including phenoxy) is 3. The van der Waals surface area contributed by atoms with Crippen molar-refractivity contribution < 1.29 is 19.0 Å². The summed E-state index contributed by atoms with van der Waals surface area (Å²) in [7, 11) is 1.51. The van der Waals surface area contributed by atoms with Crippen LogP contribution in [0.4, 0.5) is 5.69 Å². The monoisotopic (exact) mass is 280 g/mol. The van der Waals surface area contributed by atoms with Crippen molar-refractivity contribution in [2.75, 3.05) is 52.3 Å². The molecule has 0 unspecified atom stereocenters. The quantitative estimate of drug-likeness (QED) is 0.634. The molecule has 0 saturated carbocycles. The van der Waals surface area contributed by atoms with Gasteiger partial charge in [-0.1, -0.05) is 0 Å². The third-order valence-corrected chi connectivity index (χ3v) is 3.19. The van der Waals surface area contributed by atoms with E-state index in [1.807, 2.05) is 0 Å². The molecule has 2 rings (SSSR count). The number of benzene rings is 1. The van der Waals surface area contributed by atoms with E-state index < -0.39 is 5.97 Å². The van der Waals surface area contributed by atoms with Gasteiger partial charge < -0.3 is 19.9 Å². The lowest BCUT2D eigenvalue weighted by molar-refractivity contribution is 0.0194. The number of morpholine rings is 1. The van der Waals surface area contributed by atoms with E-state index in [4.69, 9.17) is 19.9 Å². The first-order valence-corrected chi connectivity index (χ1v) is 6.61. The fourth-order valence-electron chi connectivity index (χ4n) is 2.06. The second-order valence-electron chi connectivity index (χ2n) is 4.55. The number of anilines is 1. The van der Waals surface area contributed by atoms with E-state index in [2.05, 4.69) is 4.90 Å². The minimum Gasteiger partial charge on any atom is -0.496 e. The molecule has 1 aromatic rings. The Morgan fingerprint density at radius 1 is 1.40 bits per heavy atom. The van der Waals surface area contributed by atoms with Gasteiger partial charge in [0.2, 0.25) is 0 Å². The Balaban J connectivity index is 1.86. The fourth-order valence-corrected chi connectivity index (χ4v) is 2.06. The SMILES string of the molecule is COc1ccc(N)cc1C(=O)OCCN1CCOCC1. The van der Waals surface area contributed by atoms with Crippen molar-refractivity contribution in [3.05, 3.63) is 23.8 Å². The van der Waals surface area contributed by atoms with Gasteiger partial charge >= 0.3 is 5.97 Å². The van der Waals surface area contributed by atoms with Crippen LogP contribution >= 0.6 is 0 Å². The fraction of sp³-hybridized carbons (Fsp3) is 0.500. The number of nitrogens with zero attached hydrogens (tertiary/aromatic N) is 1. The van der Waals surface area contributed by atoms with Gasteiger partial charge in [-0.2, -0.15) is 0 Å². The molecule has 20 heavy (non-hydrogen) atoms. The van der Waals surface area contributed by atoms with Crippen LogP contribution in [-0.2, 0) is 9.47 Å². The summed E-state index contributed by atoms with van der Waals surface area (Å²) in [6, 6.07) is 4.91. The summed E-state index contributed by atoms with van der Waals surface area (Å²) >= 11 is 0. The molecule has 1 aromatic carbocycles. The Morgan fingerprint density at radius 3 is 2.85 bits per heavy atom. The Labute approximate surface area is 118 Å². The van der Waals surface area contributed by atoms with Crippen LogP contribution in [0.5, 0.6) is 5.75 Å². The molecule has 0 radical (unpaired) electrons. The van der Waals surface area contributed by atoms with Crippen molar-refractivity contribution in [1.82, 2.24) is 4.90 Å². The maximum atomic E-state index is 12.0. The maximum Gasteiger partial charge on any atom is 0.342 e. The summed E-state index contributed by atoms with van der Waals surface area (Å²) in [4.78, 5) is 14.2. The molecule has 1 aliphatic rings. The average molecular weight is 280 g/mol. The van der Waals surface area contributed by atoms with E-state index in [1.54, 1.807) is 18.2 Å². The van der Waals surface area contributed by atoms with E-state index in [-0.39, 0.29) is 0 Å². The van der Waals surface area contributed by atoms with Crippen LogP contribution in [0.1, 0.15) is 10.4 Å². The van der Waals surface area contributed by atoms with Gasteiger partial charge in [0.25, 0.3) is 0 Å². The van der Waals surface area contributed by atoms with Crippen molar-refractivity contribution in [2.24, 2.45) is 0 Å². The van der Waals surface area contributed by atoms with E-state index in [0.29, 0.717) is 30.2 Å². The van der Waals surface area contributed by atoms with Gasteiger partial charge in [0, 0.05) is 25.3 Å². The molecule has 1 fully saturated rings. The molecule has 0 atom stereocenters. The number of hydrogen-bond acceptors (Lipinski definition) is 6. The smallest absolute Gasteiger partial charge is 0.342 e. The third kappa shape index (κ3) is 3.85. The Morgan fingerprint density at radius 2 is 2.15 bits per heavy atom. The first-order valence-electron chi connectivity index (χ1n) is 6.61. The van der Waals surface area contributed by atoms with Crippen molar-refractivity contribution in [3.63, 3.8) is 0 Å². The summed E-state index contributed by atoms with van der Waals surface area (Å²) in [6.45, 7) is 4.27. The zero-order valence-corrected chi connectivity index (χ0v) is 11.6. The molecule has 0 amide bonds. The van der Waals surface area contributed by atoms with Crippen molar-refractivity contribution in [2.45, 2.75) is 0 Å². The third-order valence-electron chi connectivity index (χ3n) is 3.19. The maximum absolute atomic E-state index is 12.0. The molecule has 0 aliphatic carbocycles. The van der Waals surface area contributed by atoms with E-state index in [9.17, 15) is 4.79 Å². The summed E-state index contributed by atoms with van der Waals surface area (Å²) in [5.41, 5.74) is 6.54. The lowest BCUT2D eigenvalue weighted by atomic mass is 10.2. The van der Waals surface area contributed by atoms with E-state index >= 15 is 0 Å². The van der Waals surface area contributed by atoms with Crippen LogP contribution in [0.3, 0.4) is 0 Å². The molecule has 1 saturated heterocycles. The highest BCUT2D eigenvalue weighted by Crippen LogP contribution is 2.21. The van der Waals surface area contributed by atoms with E-state index in [1.165, 1.54) is 7.11 Å². The molecule has 1 heterocycles. The second-order valence-corrected chi connectivity index (χ2v) is 4.55. The molecule has 6 nitrogen and oxygen atoms in total. The van der Waals surface area contributed by atoms with Crippen molar-refractivity contribution in [3.8, 4) is 5.75 Å². The predicted molar refractivity (Wildman–Crippen MR) is 74.9 cm³/mol. The number of carbonyl (C=O) groups is 1.